The van der Waals surface area contributed by atoms with E-state index in [-0.39, 0.29) is 12.4 Å². The molecule has 0 spiro atoms. The first-order valence-electron chi connectivity index (χ1n) is 6.64. The summed E-state index contributed by atoms with van der Waals surface area (Å²) in [5.41, 5.74) is 2.12. The Morgan fingerprint density at radius 3 is 2.43 bits per heavy atom. The third-order valence-corrected chi connectivity index (χ3v) is 3.06. The van der Waals surface area contributed by atoms with Crippen LogP contribution in [0.15, 0.2) is 60.7 Å². The zero-order chi connectivity index (χ0) is 13.8. The van der Waals surface area contributed by atoms with Gasteiger partial charge in [0.2, 0.25) is 0 Å². The van der Waals surface area contributed by atoms with Crippen LogP contribution in [-0.4, -0.2) is 15.0 Å². The molecule has 3 nitrogen and oxygen atoms in total. The van der Waals surface area contributed by atoms with Crippen LogP contribution in [0.25, 0.3) is 17.0 Å². The molecular weight excluding hydrogens is 282 g/mol. The Labute approximate surface area is 130 Å². The van der Waals surface area contributed by atoms with Gasteiger partial charge in [-0.05, 0) is 13.3 Å². The maximum Gasteiger partial charge on any atom is 0.163 e. The van der Waals surface area contributed by atoms with Crippen LogP contribution in [0, 0.1) is 6.92 Å². The van der Waals surface area contributed by atoms with Gasteiger partial charge in [0.1, 0.15) is 5.82 Å². The van der Waals surface area contributed by atoms with E-state index in [1.54, 1.807) is 0 Å². The number of benzene rings is 1. The summed E-state index contributed by atoms with van der Waals surface area (Å²) in [6.45, 7) is 1.90. The van der Waals surface area contributed by atoms with Crippen molar-refractivity contribution >= 4 is 18.0 Å². The van der Waals surface area contributed by atoms with Gasteiger partial charge in [-0.3, -0.25) is 0 Å². The Balaban J connectivity index is 0.00000161. The molecule has 2 aromatic rings. The lowest BCUT2D eigenvalue weighted by Crippen LogP contribution is -2.02. The summed E-state index contributed by atoms with van der Waals surface area (Å²) in [4.78, 5) is 13.5. The molecule has 21 heavy (non-hydrogen) atoms. The van der Waals surface area contributed by atoms with Crippen molar-refractivity contribution in [3.8, 4) is 11.4 Å². The highest BCUT2D eigenvalue weighted by Gasteiger charge is 2.09. The molecule has 1 aromatic carbocycles. The van der Waals surface area contributed by atoms with E-state index in [1.807, 2.05) is 55.5 Å². The lowest BCUT2D eigenvalue weighted by atomic mass is 10.1. The van der Waals surface area contributed by atoms with Crippen LogP contribution in [0.4, 0.5) is 0 Å². The number of aryl methyl sites for hydroxylation is 1. The number of halogens is 1. The Morgan fingerprint density at radius 2 is 1.62 bits per heavy atom. The van der Waals surface area contributed by atoms with Crippen molar-refractivity contribution in [3.63, 3.8) is 0 Å². The van der Waals surface area contributed by atoms with Gasteiger partial charge < -0.3 is 0 Å². The van der Waals surface area contributed by atoms with Gasteiger partial charge in [-0.1, -0.05) is 60.7 Å². The summed E-state index contributed by atoms with van der Waals surface area (Å²) in [7, 11) is 0. The molecule has 0 saturated heterocycles. The Bertz CT molecular complexity index is 703. The van der Waals surface area contributed by atoms with Crippen molar-refractivity contribution in [2.75, 3.05) is 0 Å². The minimum absolute atomic E-state index is 0. The predicted molar refractivity (Wildman–Crippen MR) is 88.1 cm³/mol. The largest absolute Gasteiger partial charge is 0.214 e. The summed E-state index contributed by atoms with van der Waals surface area (Å²) in [5, 5.41) is 0. The molecule has 4 heteroatoms. The summed E-state index contributed by atoms with van der Waals surface area (Å²) in [6.07, 6.45) is 11.1. The quantitative estimate of drug-likeness (QED) is 0.835. The summed E-state index contributed by atoms with van der Waals surface area (Å²) < 4.78 is 0. The lowest BCUT2D eigenvalue weighted by molar-refractivity contribution is 0.954. The van der Waals surface area contributed by atoms with Gasteiger partial charge >= 0.3 is 0 Å². The lowest BCUT2D eigenvalue weighted by Gasteiger charge is -2.06. The second kappa shape index (κ2) is 6.95. The molecule has 1 heterocycles. The van der Waals surface area contributed by atoms with E-state index in [9.17, 15) is 0 Å². The molecule has 0 bridgehead atoms. The third-order valence-electron chi connectivity index (χ3n) is 3.06. The van der Waals surface area contributed by atoms with Gasteiger partial charge in [-0.15, -0.1) is 12.4 Å². The highest BCUT2D eigenvalue weighted by molar-refractivity contribution is 5.85. The first kappa shape index (κ1) is 15.1. The Kier molecular flexibility index (Phi) is 5.01. The van der Waals surface area contributed by atoms with Crippen LogP contribution < -0.4 is 0 Å². The van der Waals surface area contributed by atoms with E-state index < -0.39 is 0 Å². The second-order valence-corrected chi connectivity index (χ2v) is 4.60. The van der Waals surface area contributed by atoms with Crippen molar-refractivity contribution < 1.29 is 0 Å². The van der Waals surface area contributed by atoms with Crippen LogP contribution in [0.1, 0.15) is 18.1 Å². The van der Waals surface area contributed by atoms with Crippen molar-refractivity contribution in [1.82, 2.24) is 15.0 Å². The maximum absolute atomic E-state index is 4.61. The molecule has 1 aromatic heterocycles. The van der Waals surface area contributed by atoms with E-state index in [2.05, 4.69) is 27.1 Å². The van der Waals surface area contributed by atoms with Crippen molar-refractivity contribution in [3.05, 3.63) is 72.4 Å². The first-order chi connectivity index (χ1) is 9.83. The summed E-state index contributed by atoms with van der Waals surface area (Å²) in [6, 6.07) is 10.00. The molecule has 0 unspecified atom stereocenters. The third kappa shape index (κ3) is 3.64. The molecule has 3 rings (SSSR count). The number of nitrogens with zero attached hydrogens (tertiary/aromatic N) is 3. The summed E-state index contributed by atoms with van der Waals surface area (Å²) in [5.74, 6) is 2.23. The summed E-state index contributed by atoms with van der Waals surface area (Å²) >= 11 is 0. The second-order valence-electron chi connectivity index (χ2n) is 4.60. The topological polar surface area (TPSA) is 38.7 Å². The standard InChI is InChI=1S/C17H15N3.ClH/c1-13-18-16(14-9-5-2-3-6-10-14)20-17(19-13)15-11-7-4-8-12-15;/h2-9,11-12H,10H2,1H3;1H. The van der Waals surface area contributed by atoms with Gasteiger partial charge in [-0.25, -0.2) is 15.0 Å². The van der Waals surface area contributed by atoms with E-state index in [1.165, 1.54) is 0 Å². The highest BCUT2D eigenvalue weighted by Crippen LogP contribution is 2.20. The van der Waals surface area contributed by atoms with Gasteiger partial charge in [0.05, 0.1) is 0 Å². The van der Waals surface area contributed by atoms with E-state index in [4.69, 9.17) is 0 Å². The van der Waals surface area contributed by atoms with Gasteiger partial charge in [0, 0.05) is 11.1 Å². The number of hydrogen-bond acceptors (Lipinski definition) is 3. The van der Waals surface area contributed by atoms with Crippen LogP contribution in [0.5, 0.6) is 0 Å². The van der Waals surface area contributed by atoms with Crippen molar-refractivity contribution in [1.29, 1.82) is 0 Å². The Morgan fingerprint density at radius 1 is 0.857 bits per heavy atom. The normalized spacial score (nSPS) is 13.3. The van der Waals surface area contributed by atoms with Crippen molar-refractivity contribution in [2.24, 2.45) is 0 Å². The average Bonchev–Trinajstić information content (AvgIpc) is 2.77. The average molecular weight is 298 g/mol. The molecule has 0 aliphatic heterocycles. The molecule has 0 N–H and O–H groups in total. The molecule has 0 amide bonds. The highest BCUT2D eigenvalue weighted by atomic mass is 35.5. The van der Waals surface area contributed by atoms with Crippen LogP contribution in [0.3, 0.4) is 0 Å². The minimum atomic E-state index is 0. The molecule has 106 valence electrons. The van der Waals surface area contributed by atoms with Crippen molar-refractivity contribution in [2.45, 2.75) is 13.3 Å². The number of rotatable bonds is 2. The van der Waals surface area contributed by atoms with Gasteiger partial charge in [-0.2, -0.15) is 0 Å². The first-order valence-corrected chi connectivity index (χ1v) is 6.64. The molecule has 1 aliphatic rings. The number of aromatic nitrogens is 3. The number of allylic oxidation sites excluding steroid dienone is 6. The van der Waals surface area contributed by atoms with Gasteiger partial charge in [0.15, 0.2) is 11.6 Å². The molecular formula is C17H16ClN3. The maximum atomic E-state index is 4.61. The fraction of sp³-hybridized carbons (Fsp3) is 0.118. The number of hydrogen-bond donors (Lipinski definition) is 0. The monoisotopic (exact) mass is 297 g/mol. The molecule has 0 fully saturated rings. The van der Waals surface area contributed by atoms with Crippen LogP contribution in [-0.2, 0) is 0 Å². The van der Waals surface area contributed by atoms with E-state index in [0.717, 1.165) is 35.0 Å². The van der Waals surface area contributed by atoms with Crippen LogP contribution >= 0.6 is 12.4 Å². The zero-order valence-corrected chi connectivity index (χ0v) is 12.5. The van der Waals surface area contributed by atoms with E-state index in [0.29, 0.717) is 0 Å². The Hall–Kier alpha value is -2.26. The molecule has 0 atom stereocenters. The predicted octanol–water partition coefficient (Wildman–Crippen LogP) is 4.17. The minimum Gasteiger partial charge on any atom is -0.214 e. The van der Waals surface area contributed by atoms with Crippen LogP contribution in [0.2, 0.25) is 0 Å². The molecule has 0 radical (unpaired) electrons. The van der Waals surface area contributed by atoms with Gasteiger partial charge in [0.25, 0.3) is 0 Å². The SMILES string of the molecule is Cc1nc(C2=CC=CC=CC2)nc(-c2ccccc2)n1.Cl. The zero-order valence-electron chi connectivity index (χ0n) is 11.7. The fourth-order valence-corrected chi connectivity index (χ4v) is 2.09. The van der Waals surface area contributed by atoms with E-state index >= 15 is 0 Å². The fourth-order valence-electron chi connectivity index (χ4n) is 2.09. The molecule has 0 saturated carbocycles. The smallest absolute Gasteiger partial charge is 0.163 e. The molecule has 1 aliphatic carbocycles.